The molecule has 0 aliphatic carbocycles. The third kappa shape index (κ3) is 3.70. The molecule has 0 N–H and O–H groups in total. The van der Waals surface area contributed by atoms with E-state index in [1.165, 1.54) is 0 Å². The molecule has 1 aromatic rings. The zero-order valence-electron chi connectivity index (χ0n) is 16.5. The van der Waals surface area contributed by atoms with Crippen LogP contribution in [0.15, 0.2) is 0 Å². The SMILES string of the molecule is CCN(CC)C(=O)c1nc(C(=O)N2CCN(C(C)=O)CC2)c2n1CCCC2. The monoisotopic (exact) mass is 375 g/mol. The van der Waals surface area contributed by atoms with Crippen LogP contribution >= 0.6 is 0 Å². The first-order valence-corrected chi connectivity index (χ1v) is 9.91. The van der Waals surface area contributed by atoms with E-state index in [9.17, 15) is 14.4 Å². The van der Waals surface area contributed by atoms with E-state index in [-0.39, 0.29) is 17.7 Å². The minimum atomic E-state index is -0.123. The molecule has 0 aromatic carbocycles. The zero-order valence-corrected chi connectivity index (χ0v) is 16.5. The Labute approximate surface area is 160 Å². The molecule has 148 valence electrons. The van der Waals surface area contributed by atoms with Gasteiger partial charge in [0.15, 0.2) is 5.82 Å². The summed E-state index contributed by atoms with van der Waals surface area (Å²) in [6.07, 6.45) is 2.77. The molecule has 1 fully saturated rings. The largest absolute Gasteiger partial charge is 0.339 e. The van der Waals surface area contributed by atoms with E-state index in [0.717, 1.165) is 31.5 Å². The van der Waals surface area contributed by atoms with E-state index in [1.54, 1.807) is 21.6 Å². The third-order valence-electron chi connectivity index (χ3n) is 5.57. The van der Waals surface area contributed by atoms with Gasteiger partial charge in [0.2, 0.25) is 5.91 Å². The highest BCUT2D eigenvalue weighted by molar-refractivity contribution is 5.97. The van der Waals surface area contributed by atoms with Gasteiger partial charge >= 0.3 is 0 Å². The van der Waals surface area contributed by atoms with Crippen molar-refractivity contribution in [2.75, 3.05) is 39.3 Å². The Bertz CT molecular complexity index is 730. The molecular weight excluding hydrogens is 346 g/mol. The van der Waals surface area contributed by atoms with Crippen molar-refractivity contribution in [2.24, 2.45) is 0 Å². The van der Waals surface area contributed by atoms with Crippen LogP contribution in [0, 0.1) is 0 Å². The molecule has 0 radical (unpaired) electrons. The number of aromatic nitrogens is 2. The molecule has 0 saturated carbocycles. The Balaban J connectivity index is 1.86. The quantitative estimate of drug-likeness (QED) is 0.787. The van der Waals surface area contributed by atoms with Gasteiger partial charge in [-0.3, -0.25) is 14.4 Å². The molecule has 2 aliphatic rings. The molecule has 3 heterocycles. The maximum atomic E-state index is 13.1. The standard InChI is InChI=1S/C19H29N5O3/c1-4-21(5-2)19(27)17-20-16(15-8-6-7-9-24(15)17)18(26)23-12-10-22(11-13-23)14(3)25/h4-13H2,1-3H3. The summed E-state index contributed by atoms with van der Waals surface area (Å²) in [5, 5.41) is 0. The van der Waals surface area contributed by atoms with Crippen LogP contribution in [0.5, 0.6) is 0 Å². The Hall–Kier alpha value is -2.38. The van der Waals surface area contributed by atoms with E-state index in [0.29, 0.717) is 50.8 Å². The van der Waals surface area contributed by atoms with Crippen LogP contribution in [0.25, 0.3) is 0 Å². The van der Waals surface area contributed by atoms with Crippen LogP contribution in [-0.4, -0.2) is 81.2 Å². The van der Waals surface area contributed by atoms with Crippen LogP contribution in [0.3, 0.4) is 0 Å². The first kappa shape index (κ1) is 19.4. The number of piperazine rings is 1. The summed E-state index contributed by atoms with van der Waals surface area (Å²) >= 11 is 0. The van der Waals surface area contributed by atoms with E-state index in [1.807, 2.05) is 18.4 Å². The van der Waals surface area contributed by atoms with Crippen molar-refractivity contribution in [3.8, 4) is 0 Å². The molecule has 2 aliphatic heterocycles. The first-order valence-electron chi connectivity index (χ1n) is 9.91. The van der Waals surface area contributed by atoms with Gasteiger partial charge in [-0.1, -0.05) is 0 Å². The maximum absolute atomic E-state index is 13.1. The zero-order chi connectivity index (χ0) is 19.6. The normalized spacial score (nSPS) is 16.9. The van der Waals surface area contributed by atoms with Gasteiger partial charge < -0.3 is 19.3 Å². The minimum absolute atomic E-state index is 0.0357. The molecule has 3 amide bonds. The lowest BCUT2D eigenvalue weighted by atomic mass is 10.1. The highest BCUT2D eigenvalue weighted by Gasteiger charge is 2.32. The van der Waals surface area contributed by atoms with Crippen LogP contribution in [0.4, 0.5) is 0 Å². The number of nitrogens with zero attached hydrogens (tertiary/aromatic N) is 5. The van der Waals surface area contributed by atoms with E-state index in [2.05, 4.69) is 4.98 Å². The third-order valence-corrected chi connectivity index (χ3v) is 5.57. The Morgan fingerprint density at radius 1 is 0.963 bits per heavy atom. The summed E-state index contributed by atoms with van der Waals surface area (Å²) in [5.74, 6) is 0.193. The van der Waals surface area contributed by atoms with Crippen molar-refractivity contribution in [2.45, 2.75) is 46.6 Å². The van der Waals surface area contributed by atoms with Gasteiger partial charge in [0.05, 0.1) is 5.69 Å². The van der Waals surface area contributed by atoms with Crippen molar-refractivity contribution >= 4 is 17.7 Å². The van der Waals surface area contributed by atoms with E-state index >= 15 is 0 Å². The molecule has 1 saturated heterocycles. The number of imidazole rings is 1. The van der Waals surface area contributed by atoms with Crippen molar-refractivity contribution < 1.29 is 14.4 Å². The second-order valence-corrected chi connectivity index (χ2v) is 7.12. The summed E-state index contributed by atoms with van der Waals surface area (Å²) in [4.78, 5) is 47.3. The lowest BCUT2D eigenvalue weighted by Gasteiger charge is -2.34. The Morgan fingerprint density at radius 2 is 1.59 bits per heavy atom. The van der Waals surface area contributed by atoms with Crippen LogP contribution in [0.2, 0.25) is 0 Å². The summed E-state index contributed by atoms with van der Waals surface area (Å²) in [7, 11) is 0. The molecule has 8 heteroatoms. The fourth-order valence-corrected chi connectivity index (χ4v) is 3.90. The van der Waals surface area contributed by atoms with E-state index < -0.39 is 0 Å². The van der Waals surface area contributed by atoms with Gasteiger partial charge in [-0.05, 0) is 33.1 Å². The summed E-state index contributed by atoms with van der Waals surface area (Å²) in [5.41, 5.74) is 1.30. The molecule has 27 heavy (non-hydrogen) atoms. The molecule has 8 nitrogen and oxygen atoms in total. The molecule has 0 unspecified atom stereocenters. The van der Waals surface area contributed by atoms with Gasteiger partial charge in [0.1, 0.15) is 5.69 Å². The fourth-order valence-electron chi connectivity index (χ4n) is 3.90. The topological polar surface area (TPSA) is 78.8 Å². The van der Waals surface area contributed by atoms with Crippen molar-refractivity contribution in [1.82, 2.24) is 24.3 Å². The van der Waals surface area contributed by atoms with E-state index in [4.69, 9.17) is 0 Å². The average Bonchev–Trinajstić information content (AvgIpc) is 3.08. The van der Waals surface area contributed by atoms with Crippen LogP contribution in [-0.2, 0) is 17.8 Å². The number of carbonyl (C=O) groups excluding carboxylic acids is 3. The average molecular weight is 375 g/mol. The van der Waals surface area contributed by atoms with Crippen LogP contribution < -0.4 is 0 Å². The van der Waals surface area contributed by atoms with Crippen LogP contribution in [0.1, 0.15) is 60.4 Å². The number of rotatable bonds is 4. The summed E-state index contributed by atoms with van der Waals surface area (Å²) in [6.45, 7) is 9.51. The number of hydrogen-bond acceptors (Lipinski definition) is 4. The lowest BCUT2D eigenvalue weighted by molar-refractivity contribution is -0.130. The summed E-state index contributed by atoms with van der Waals surface area (Å²) in [6, 6.07) is 0. The molecule has 3 rings (SSSR count). The maximum Gasteiger partial charge on any atom is 0.289 e. The lowest BCUT2D eigenvalue weighted by Crippen LogP contribution is -2.50. The molecule has 0 bridgehead atoms. The predicted octanol–water partition coefficient (Wildman–Crippen LogP) is 1.01. The molecule has 1 aromatic heterocycles. The second-order valence-electron chi connectivity index (χ2n) is 7.12. The number of carbonyl (C=O) groups is 3. The van der Waals surface area contributed by atoms with Gasteiger partial charge in [-0.25, -0.2) is 4.98 Å². The van der Waals surface area contributed by atoms with Crippen molar-refractivity contribution in [3.63, 3.8) is 0 Å². The fraction of sp³-hybridized carbons (Fsp3) is 0.684. The van der Waals surface area contributed by atoms with Crippen molar-refractivity contribution in [3.05, 3.63) is 17.2 Å². The van der Waals surface area contributed by atoms with Gasteiger partial charge in [0.25, 0.3) is 11.8 Å². The predicted molar refractivity (Wildman–Crippen MR) is 101 cm³/mol. The molecule has 0 spiro atoms. The molecular formula is C19H29N5O3. The highest BCUT2D eigenvalue weighted by Crippen LogP contribution is 2.23. The van der Waals surface area contributed by atoms with Gasteiger partial charge in [-0.15, -0.1) is 0 Å². The minimum Gasteiger partial charge on any atom is -0.339 e. The smallest absolute Gasteiger partial charge is 0.289 e. The Morgan fingerprint density at radius 3 is 2.19 bits per heavy atom. The van der Waals surface area contributed by atoms with Crippen molar-refractivity contribution in [1.29, 1.82) is 0 Å². The summed E-state index contributed by atoms with van der Waals surface area (Å²) < 4.78 is 1.95. The van der Waals surface area contributed by atoms with Gasteiger partial charge in [-0.2, -0.15) is 0 Å². The number of hydrogen-bond donors (Lipinski definition) is 0. The Kier molecular flexibility index (Phi) is 5.82. The second kappa shape index (κ2) is 8.10. The first-order chi connectivity index (χ1) is 13.0. The van der Waals surface area contributed by atoms with Gasteiger partial charge in [0, 0.05) is 52.7 Å². The number of amides is 3. The number of fused-ring (bicyclic) bond motifs is 1. The molecule has 0 atom stereocenters. The highest BCUT2D eigenvalue weighted by atomic mass is 16.2.